The number of carbonyl (C=O) groups is 2. The molecule has 0 radical (unpaired) electrons. The molecule has 4 aromatic carbocycles. The average Bonchev–Trinajstić information content (AvgIpc) is 3.06. The van der Waals surface area contributed by atoms with Gasteiger partial charge in [-0.05, 0) is 52.6 Å². The van der Waals surface area contributed by atoms with Gasteiger partial charge >= 0.3 is 5.97 Å². The van der Waals surface area contributed by atoms with E-state index >= 15 is 0 Å². The van der Waals surface area contributed by atoms with E-state index in [1.54, 1.807) is 13.3 Å². The molecule has 8 heteroatoms. The van der Waals surface area contributed by atoms with Gasteiger partial charge in [-0.1, -0.05) is 72.8 Å². The Morgan fingerprint density at radius 3 is 2.48 bits per heavy atom. The summed E-state index contributed by atoms with van der Waals surface area (Å²) in [7, 11) is 2.92. The molecule has 5 rings (SSSR count). The number of rotatable bonds is 12. The third kappa shape index (κ3) is 7.57. The first-order chi connectivity index (χ1) is 21.4. The molecule has 224 valence electrons. The van der Waals surface area contributed by atoms with Gasteiger partial charge in [0.2, 0.25) is 5.91 Å². The molecule has 1 atom stereocenters. The Balaban J connectivity index is 1.35. The summed E-state index contributed by atoms with van der Waals surface area (Å²) < 4.78 is 16.5. The van der Waals surface area contributed by atoms with Gasteiger partial charge in [-0.3, -0.25) is 9.78 Å². The lowest BCUT2D eigenvalue weighted by molar-refractivity contribution is -0.144. The second kappa shape index (κ2) is 14.6. The summed E-state index contributed by atoms with van der Waals surface area (Å²) in [6, 6.07) is 29.0. The number of hydrogen-bond acceptors (Lipinski definition) is 7. The summed E-state index contributed by atoms with van der Waals surface area (Å²) in [6.07, 6.45) is 3.79. The van der Waals surface area contributed by atoms with Crippen LogP contribution in [0.4, 0.5) is 0 Å². The number of nitrogens with zero attached hydrogens (tertiary/aromatic N) is 1. The molecule has 0 saturated carbocycles. The normalized spacial score (nSPS) is 11.5. The number of thioether (sulfide) groups is 1. The number of aryl methyl sites for hydroxylation is 1. The molecular weight excluding hydrogens is 572 g/mol. The standard InChI is InChI=1S/C36H34N2O5S/c1-24-13-14-26(18-32(24)41-2)17-31(36(40)42-3)38-34(39)23-44-33-16-15-27-11-7-8-12-30(27)35(33)28-19-29(21-37-20-28)43-22-25-9-5-4-6-10-25/h4-16,18-21,31H,17,22-23H2,1-3H3,(H,38,39)/t31-/m1/s1. The van der Waals surface area contributed by atoms with Crippen molar-refractivity contribution in [1.82, 2.24) is 10.3 Å². The maximum absolute atomic E-state index is 13.2. The Morgan fingerprint density at radius 2 is 1.68 bits per heavy atom. The lowest BCUT2D eigenvalue weighted by atomic mass is 9.99. The van der Waals surface area contributed by atoms with Crippen molar-refractivity contribution >= 4 is 34.4 Å². The molecule has 0 aliphatic rings. The van der Waals surface area contributed by atoms with E-state index in [4.69, 9.17) is 14.2 Å². The van der Waals surface area contributed by atoms with Crippen LogP contribution in [-0.4, -0.2) is 42.9 Å². The van der Waals surface area contributed by atoms with Crippen molar-refractivity contribution in [2.45, 2.75) is 30.9 Å². The van der Waals surface area contributed by atoms with Crippen LogP contribution in [0.5, 0.6) is 11.5 Å². The molecule has 0 fully saturated rings. The van der Waals surface area contributed by atoms with E-state index in [0.717, 1.165) is 49.2 Å². The summed E-state index contributed by atoms with van der Waals surface area (Å²) in [6.45, 7) is 2.38. The molecule has 7 nitrogen and oxygen atoms in total. The quantitative estimate of drug-likeness (QED) is 0.124. The number of methoxy groups -OCH3 is 2. The highest BCUT2D eigenvalue weighted by atomic mass is 32.2. The summed E-state index contributed by atoms with van der Waals surface area (Å²) in [5.41, 5.74) is 4.76. The minimum absolute atomic E-state index is 0.105. The van der Waals surface area contributed by atoms with Gasteiger partial charge in [0, 0.05) is 28.6 Å². The number of carbonyl (C=O) groups excluding carboxylic acids is 2. The zero-order valence-electron chi connectivity index (χ0n) is 24.9. The van der Waals surface area contributed by atoms with E-state index in [1.165, 1.54) is 18.9 Å². The van der Waals surface area contributed by atoms with Crippen molar-refractivity contribution in [1.29, 1.82) is 0 Å². The highest BCUT2D eigenvalue weighted by molar-refractivity contribution is 8.00. The molecule has 0 aliphatic heterocycles. The number of hydrogen-bond donors (Lipinski definition) is 1. The van der Waals surface area contributed by atoms with Crippen LogP contribution in [0.15, 0.2) is 108 Å². The van der Waals surface area contributed by atoms with Gasteiger partial charge in [0.05, 0.1) is 26.2 Å². The topological polar surface area (TPSA) is 86.8 Å². The highest BCUT2D eigenvalue weighted by Gasteiger charge is 2.23. The minimum atomic E-state index is -0.834. The van der Waals surface area contributed by atoms with Gasteiger partial charge in [0.25, 0.3) is 0 Å². The Kier molecular flexibility index (Phi) is 10.1. The second-order valence-electron chi connectivity index (χ2n) is 10.3. The van der Waals surface area contributed by atoms with E-state index in [2.05, 4.69) is 22.4 Å². The van der Waals surface area contributed by atoms with Crippen molar-refractivity contribution in [2.75, 3.05) is 20.0 Å². The van der Waals surface area contributed by atoms with E-state index < -0.39 is 12.0 Å². The zero-order valence-corrected chi connectivity index (χ0v) is 25.7. The smallest absolute Gasteiger partial charge is 0.328 e. The molecule has 1 aromatic heterocycles. The molecule has 0 aliphatic carbocycles. The Morgan fingerprint density at radius 1 is 0.886 bits per heavy atom. The number of fused-ring (bicyclic) bond motifs is 1. The number of aromatic nitrogens is 1. The van der Waals surface area contributed by atoms with E-state index in [1.807, 2.05) is 92.0 Å². The molecule has 0 spiro atoms. The summed E-state index contributed by atoms with van der Waals surface area (Å²) >= 11 is 1.40. The largest absolute Gasteiger partial charge is 0.496 e. The van der Waals surface area contributed by atoms with Crippen molar-refractivity contribution in [3.05, 3.63) is 120 Å². The minimum Gasteiger partial charge on any atom is -0.496 e. The first kappa shape index (κ1) is 30.6. The van der Waals surface area contributed by atoms with E-state index in [0.29, 0.717) is 12.4 Å². The van der Waals surface area contributed by atoms with Crippen LogP contribution in [0, 0.1) is 6.92 Å². The second-order valence-corrected chi connectivity index (χ2v) is 11.3. The van der Waals surface area contributed by atoms with Gasteiger partial charge in [0.1, 0.15) is 24.1 Å². The maximum atomic E-state index is 13.2. The molecule has 44 heavy (non-hydrogen) atoms. The first-order valence-electron chi connectivity index (χ1n) is 14.2. The van der Waals surface area contributed by atoms with Gasteiger partial charge in [0.15, 0.2) is 0 Å². The van der Waals surface area contributed by atoms with Crippen LogP contribution in [0.3, 0.4) is 0 Å². The lowest BCUT2D eigenvalue weighted by Crippen LogP contribution is -2.43. The average molecular weight is 607 g/mol. The lowest BCUT2D eigenvalue weighted by Gasteiger charge is -2.18. The van der Waals surface area contributed by atoms with Crippen LogP contribution in [0.2, 0.25) is 0 Å². The summed E-state index contributed by atoms with van der Waals surface area (Å²) in [4.78, 5) is 31.2. The first-order valence-corrected chi connectivity index (χ1v) is 15.2. The number of nitrogens with one attached hydrogen (secondary N) is 1. The Labute approximate surface area is 261 Å². The molecular formula is C36H34N2O5S. The monoisotopic (exact) mass is 606 g/mol. The number of ether oxygens (including phenoxy) is 3. The maximum Gasteiger partial charge on any atom is 0.328 e. The van der Waals surface area contributed by atoms with Crippen molar-refractivity contribution in [3.63, 3.8) is 0 Å². The SMILES string of the molecule is COC(=O)[C@@H](Cc1ccc(C)c(OC)c1)NC(=O)CSc1ccc2ccccc2c1-c1cncc(OCc2ccccc2)c1. The van der Waals surface area contributed by atoms with Crippen molar-refractivity contribution in [3.8, 4) is 22.6 Å². The molecule has 0 unspecified atom stereocenters. The number of amides is 1. The number of esters is 1. The van der Waals surface area contributed by atoms with Gasteiger partial charge in [-0.25, -0.2) is 4.79 Å². The van der Waals surface area contributed by atoms with Crippen LogP contribution in [0.25, 0.3) is 21.9 Å². The fourth-order valence-electron chi connectivity index (χ4n) is 4.99. The van der Waals surface area contributed by atoms with Crippen LogP contribution < -0.4 is 14.8 Å². The van der Waals surface area contributed by atoms with Crippen molar-refractivity contribution < 1.29 is 23.8 Å². The molecule has 1 heterocycles. The fraction of sp³-hybridized carbons (Fsp3) is 0.194. The summed E-state index contributed by atoms with van der Waals surface area (Å²) in [5, 5.41) is 4.99. The Hall–Kier alpha value is -4.82. The van der Waals surface area contributed by atoms with Crippen LogP contribution in [-0.2, 0) is 27.4 Å². The van der Waals surface area contributed by atoms with Gasteiger partial charge in [-0.15, -0.1) is 11.8 Å². The number of pyridine rings is 1. The molecule has 0 bridgehead atoms. The van der Waals surface area contributed by atoms with E-state index in [9.17, 15) is 9.59 Å². The van der Waals surface area contributed by atoms with Crippen LogP contribution in [0.1, 0.15) is 16.7 Å². The fourth-order valence-corrected chi connectivity index (χ4v) is 5.89. The Bertz CT molecular complexity index is 1760. The zero-order chi connectivity index (χ0) is 30.9. The summed E-state index contributed by atoms with van der Waals surface area (Å²) in [5.74, 6) is 0.699. The molecule has 1 N–H and O–H groups in total. The molecule has 0 saturated heterocycles. The molecule has 5 aromatic rings. The predicted molar refractivity (Wildman–Crippen MR) is 174 cm³/mol. The van der Waals surface area contributed by atoms with Gasteiger partial charge < -0.3 is 19.5 Å². The van der Waals surface area contributed by atoms with Gasteiger partial charge in [-0.2, -0.15) is 0 Å². The number of benzene rings is 4. The van der Waals surface area contributed by atoms with Crippen molar-refractivity contribution in [2.24, 2.45) is 0 Å². The molecule has 1 amide bonds. The predicted octanol–water partition coefficient (Wildman–Crippen LogP) is 6.79. The van der Waals surface area contributed by atoms with E-state index in [-0.39, 0.29) is 18.1 Å². The highest BCUT2D eigenvalue weighted by Crippen LogP contribution is 2.38. The van der Waals surface area contributed by atoms with Crippen LogP contribution >= 0.6 is 11.8 Å². The third-order valence-electron chi connectivity index (χ3n) is 7.23. The third-order valence-corrected chi connectivity index (χ3v) is 8.29.